The van der Waals surface area contributed by atoms with Crippen LogP contribution in [0.25, 0.3) is 0 Å². The molecule has 0 radical (unpaired) electrons. The summed E-state index contributed by atoms with van der Waals surface area (Å²) in [7, 11) is 2.80. The van der Waals surface area contributed by atoms with Crippen molar-refractivity contribution in [2.45, 2.75) is 4.90 Å². The van der Waals surface area contributed by atoms with Gasteiger partial charge in [0.1, 0.15) is 5.75 Å². The average molecular weight is 474 g/mol. The van der Waals surface area contributed by atoms with Crippen molar-refractivity contribution in [2.24, 2.45) is 0 Å². The van der Waals surface area contributed by atoms with Crippen LogP contribution in [-0.2, 0) is 10.0 Å². The molecule has 0 saturated carbocycles. The Kier molecular flexibility index (Phi) is 6.96. The molecule has 32 heavy (non-hydrogen) atoms. The Morgan fingerprint density at radius 2 is 1.59 bits per heavy atom. The first kappa shape index (κ1) is 23.4. The third-order valence-corrected chi connectivity index (χ3v) is 6.91. The van der Waals surface area contributed by atoms with Gasteiger partial charge in [0.25, 0.3) is 15.9 Å². The van der Waals surface area contributed by atoms with Gasteiger partial charge in [-0.3, -0.25) is 9.10 Å². The highest BCUT2D eigenvalue weighted by Gasteiger charge is 2.24. The zero-order valence-electron chi connectivity index (χ0n) is 18.2. The number of sulfonamides is 1. The third-order valence-electron chi connectivity index (χ3n) is 4.89. The minimum atomic E-state index is -3.85. The van der Waals surface area contributed by atoms with E-state index in [9.17, 15) is 13.2 Å². The van der Waals surface area contributed by atoms with Gasteiger partial charge in [0.05, 0.1) is 29.1 Å². The predicted molar refractivity (Wildman–Crippen MR) is 129 cm³/mol. The Balaban J connectivity index is 1.84. The lowest BCUT2D eigenvalue weighted by Gasteiger charge is -2.21. The SMILES string of the molecule is COc1ccccc1N(C)S(=O)(=O)c1ccc(C(=O)Nc2cc(Cl)ccc2N(C)C)cc1. The number of amides is 1. The molecular formula is C23H24ClN3O4S. The second-order valence-corrected chi connectivity index (χ2v) is 9.58. The van der Waals surface area contributed by atoms with Crippen LogP contribution >= 0.6 is 11.6 Å². The summed E-state index contributed by atoms with van der Waals surface area (Å²) in [5, 5.41) is 3.32. The number of hydrogen-bond acceptors (Lipinski definition) is 5. The lowest BCUT2D eigenvalue weighted by Crippen LogP contribution is -2.27. The van der Waals surface area contributed by atoms with Crippen LogP contribution in [0.5, 0.6) is 5.75 Å². The second kappa shape index (κ2) is 9.50. The Hall–Kier alpha value is -3.23. The molecule has 3 aromatic carbocycles. The molecule has 7 nitrogen and oxygen atoms in total. The van der Waals surface area contributed by atoms with Crippen LogP contribution in [0.2, 0.25) is 5.02 Å². The maximum Gasteiger partial charge on any atom is 0.264 e. The minimum Gasteiger partial charge on any atom is -0.495 e. The fourth-order valence-electron chi connectivity index (χ4n) is 3.15. The van der Waals surface area contributed by atoms with Crippen LogP contribution in [0.15, 0.2) is 71.6 Å². The molecule has 1 amide bonds. The lowest BCUT2D eigenvalue weighted by molar-refractivity contribution is 0.102. The van der Waals surface area contributed by atoms with Gasteiger partial charge in [0, 0.05) is 31.7 Å². The number of para-hydroxylation sites is 2. The highest BCUT2D eigenvalue weighted by atomic mass is 35.5. The molecular weight excluding hydrogens is 450 g/mol. The summed E-state index contributed by atoms with van der Waals surface area (Å²) in [6.45, 7) is 0. The number of halogens is 1. The van der Waals surface area contributed by atoms with Crippen LogP contribution in [0.4, 0.5) is 17.1 Å². The first-order chi connectivity index (χ1) is 15.1. The fourth-order valence-corrected chi connectivity index (χ4v) is 4.53. The van der Waals surface area contributed by atoms with E-state index in [-0.39, 0.29) is 10.8 Å². The normalized spacial score (nSPS) is 11.0. The number of carbonyl (C=O) groups is 1. The van der Waals surface area contributed by atoms with Crippen LogP contribution in [-0.4, -0.2) is 42.6 Å². The van der Waals surface area contributed by atoms with Gasteiger partial charge in [-0.05, 0) is 54.6 Å². The summed E-state index contributed by atoms with van der Waals surface area (Å²) in [5.41, 5.74) is 2.07. The van der Waals surface area contributed by atoms with E-state index in [0.29, 0.717) is 27.7 Å². The first-order valence-electron chi connectivity index (χ1n) is 9.65. The number of rotatable bonds is 7. The molecule has 1 N–H and O–H groups in total. The van der Waals surface area contributed by atoms with Crippen LogP contribution in [0.3, 0.4) is 0 Å². The number of ether oxygens (including phenoxy) is 1. The quantitative estimate of drug-likeness (QED) is 0.547. The van der Waals surface area contributed by atoms with Crippen molar-refractivity contribution in [2.75, 3.05) is 42.8 Å². The standard InChI is InChI=1S/C23H24ClN3O4S/c1-26(2)20-14-11-17(24)15-19(20)25-23(28)16-9-12-18(13-10-16)32(29,30)27(3)21-7-5-6-8-22(21)31-4/h5-15H,1-4H3,(H,25,28). The van der Waals surface area contributed by atoms with Crippen LogP contribution < -0.4 is 19.3 Å². The fraction of sp³-hybridized carbons (Fsp3) is 0.174. The lowest BCUT2D eigenvalue weighted by atomic mass is 10.2. The zero-order valence-corrected chi connectivity index (χ0v) is 19.7. The highest BCUT2D eigenvalue weighted by Crippen LogP contribution is 2.31. The van der Waals surface area contributed by atoms with Gasteiger partial charge >= 0.3 is 0 Å². The maximum atomic E-state index is 13.1. The van der Waals surface area contributed by atoms with E-state index in [1.807, 2.05) is 19.0 Å². The Labute approximate surface area is 193 Å². The summed E-state index contributed by atoms with van der Waals surface area (Å²) in [4.78, 5) is 14.7. The van der Waals surface area contributed by atoms with E-state index < -0.39 is 10.0 Å². The number of nitrogens with zero attached hydrogens (tertiary/aromatic N) is 2. The largest absolute Gasteiger partial charge is 0.495 e. The molecule has 0 aliphatic heterocycles. The summed E-state index contributed by atoms with van der Waals surface area (Å²) < 4.78 is 32.6. The second-order valence-electron chi connectivity index (χ2n) is 7.18. The molecule has 0 saturated heterocycles. The van der Waals surface area contributed by atoms with Gasteiger partial charge < -0.3 is 15.0 Å². The van der Waals surface area contributed by atoms with Gasteiger partial charge in [0.2, 0.25) is 0 Å². The number of benzene rings is 3. The molecule has 0 spiro atoms. The van der Waals surface area contributed by atoms with E-state index in [4.69, 9.17) is 16.3 Å². The number of anilines is 3. The van der Waals surface area contributed by atoms with Crippen LogP contribution in [0.1, 0.15) is 10.4 Å². The monoisotopic (exact) mass is 473 g/mol. The van der Waals surface area contributed by atoms with Crippen molar-refractivity contribution < 1.29 is 17.9 Å². The van der Waals surface area contributed by atoms with Crippen LogP contribution in [0, 0.1) is 0 Å². The molecule has 0 atom stereocenters. The van der Waals surface area contributed by atoms with Crippen molar-refractivity contribution in [3.8, 4) is 5.75 Å². The van der Waals surface area contributed by atoms with Gasteiger partial charge in [0.15, 0.2) is 0 Å². The molecule has 3 rings (SSSR count). The van der Waals surface area contributed by atoms with Crippen molar-refractivity contribution in [1.29, 1.82) is 0 Å². The van der Waals surface area contributed by atoms with Gasteiger partial charge in [-0.1, -0.05) is 23.7 Å². The first-order valence-corrected chi connectivity index (χ1v) is 11.5. The van der Waals surface area contributed by atoms with E-state index in [1.54, 1.807) is 42.5 Å². The Morgan fingerprint density at radius 1 is 0.938 bits per heavy atom. The summed E-state index contributed by atoms with van der Waals surface area (Å²) in [6.07, 6.45) is 0. The van der Waals surface area contributed by atoms with Gasteiger partial charge in [-0.15, -0.1) is 0 Å². The molecule has 0 fully saturated rings. The van der Waals surface area contributed by atoms with Crippen molar-refractivity contribution in [3.05, 3.63) is 77.3 Å². The van der Waals surface area contributed by atoms with E-state index >= 15 is 0 Å². The van der Waals surface area contributed by atoms with Gasteiger partial charge in [-0.2, -0.15) is 0 Å². The van der Waals surface area contributed by atoms with Crippen molar-refractivity contribution in [1.82, 2.24) is 0 Å². The Bertz CT molecular complexity index is 1230. The summed E-state index contributed by atoms with van der Waals surface area (Å²) in [5.74, 6) is 0.0604. The topological polar surface area (TPSA) is 78.9 Å². The number of nitrogens with one attached hydrogen (secondary N) is 1. The molecule has 9 heteroatoms. The third kappa shape index (κ3) is 4.81. The molecule has 0 aliphatic rings. The van der Waals surface area contributed by atoms with Gasteiger partial charge in [-0.25, -0.2) is 8.42 Å². The maximum absolute atomic E-state index is 13.1. The molecule has 0 unspecified atom stereocenters. The highest BCUT2D eigenvalue weighted by molar-refractivity contribution is 7.92. The predicted octanol–water partition coefficient (Wildman–Crippen LogP) is 4.49. The average Bonchev–Trinajstić information content (AvgIpc) is 2.78. The zero-order chi connectivity index (χ0) is 23.5. The Morgan fingerprint density at radius 3 is 2.22 bits per heavy atom. The number of methoxy groups -OCH3 is 1. The molecule has 0 bridgehead atoms. The molecule has 0 heterocycles. The molecule has 3 aromatic rings. The smallest absolute Gasteiger partial charge is 0.264 e. The van der Waals surface area contributed by atoms with E-state index in [2.05, 4.69) is 5.32 Å². The van der Waals surface area contributed by atoms with E-state index in [0.717, 1.165) is 9.99 Å². The number of hydrogen-bond donors (Lipinski definition) is 1. The summed E-state index contributed by atoms with van der Waals surface area (Å²) >= 11 is 6.07. The van der Waals surface area contributed by atoms with Crippen molar-refractivity contribution >= 4 is 44.6 Å². The molecule has 168 valence electrons. The number of carbonyl (C=O) groups excluding carboxylic acids is 1. The minimum absolute atomic E-state index is 0.0548. The van der Waals surface area contributed by atoms with E-state index in [1.165, 1.54) is 38.4 Å². The summed E-state index contributed by atoms with van der Waals surface area (Å²) in [6, 6.07) is 17.8. The molecule has 0 aliphatic carbocycles. The van der Waals surface area contributed by atoms with Crippen molar-refractivity contribution in [3.63, 3.8) is 0 Å². The molecule has 0 aromatic heterocycles.